The van der Waals surface area contributed by atoms with Gasteiger partial charge in [0.05, 0.1) is 24.8 Å². The van der Waals surface area contributed by atoms with Crippen LogP contribution in [0.1, 0.15) is 19.3 Å². The lowest BCUT2D eigenvalue weighted by molar-refractivity contribution is -0.128. The number of hydrogen-bond acceptors (Lipinski definition) is 5. The Morgan fingerprint density at radius 1 is 1.26 bits per heavy atom. The van der Waals surface area contributed by atoms with Gasteiger partial charge in [0.2, 0.25) is 11.8 Å². The minimum absolute atomic E-state index is 0. The summed E-state index contributed by atoms with van der Waals surface area (Å²) < 4.78 is 5.31. The molecule has 0 aromatic heterocycles. The molecule has 1 atom stereocenters. The Morgan fingerprint density at radius 2 is 1.91 bits per heavy atom. The molecule has 7 nitrogen and oxygen atoms in total. The number of halogens is 2. The molecule has 0 radical (unpaired) electrons. The lowest BCUT2D eigenvalue weighted by Crippen LogP contribution is -2.48. The van der Waals surface area contributed by atoms with Crippen LogP contribution in [-0.4, -0.2) is 79.1 Å². The number of carbonyl (C=O) groups excluding carboxylic acids is 2. The number of nitrogens with zero attached hydrogens (tertiary/aromatic N) is 2. The summed E-state index contributed by atoms with van der Waals surface area (Å²) in [6, 6.07) is -0.0873. The van der Waals surface area contributed by atoms with Gasteiger partial charge in [0.1, 0.15) is 0 Å². The summed E-state index contributed by atoms with van der Waals surface area (Å²) >= 11 is 0. The number of carbonyl (C=O) groups is 2. The Labute approximate surface area is 149 Å². The van der Waals surface area contributed by atoms with Crippen molar-refractivity contribution in [2.45, 2.75) is 30.8 Å². The number of hydrogen-bond donors (Lipinski definition) is 2. The van der Waals surface area contributed by atoms with Gasteiger partial charge in [0.15, 0.2) is 0 Å². The molecule has 134 valence electrons. The van der Waals surface area contributed by atoms with Crippen molar-refractivity contribution < 1.29 is 14.3 Å². The van der Waals surface area contributed by atoms with E-state index in [4.69, 9.17) is 10.5 Å². The van der Waals surface area contributed by atoms with E-state index in [1.807, 2.05) is 4.90 Å². The number of nitrogens with two attached hydrogens (primary N) is 1. The van der Waals surface area contributed by atoms with E-state index < -0.39 is 5.54 Å². The first kappa shape index (κ1) is 20.4. The molecule has 3 N–H and O–H groups in total. The summed E-state index contributed by atoms with van der Waals surface area (Å²) in [7, 11) is 0. The Bertz CT molecular complexity index is 428. The first-order valence-electron chi connectivity index (χ1n) is 7.74. The van der Waals surface area contributed by atoms with Gasteiger partial charge in [-0.15, -0.1) is 24.8 Å². The number of nitrogens with one attached hydrogen (secondary N) is 1. The maximum absolute atomic E-state index is 12.0. The monoisotopic (exact) mass is 368 g/mol. The van der Waals surface area contributed by atoms with Crippen LogP contribution in [0.4, 0.5) is 0 Å². The van der Waals surface area contributed by atoms with Crippen LogP contribution in [0, 0.1) is 0 Å². The molecule has 0 aromatic rings. The Balaban J connectivity index is 0.00000132. The zero-order chi connectivity index (χ0) is 14.9. The first-order chi connectivity index (χ1) is 10.1. The highest BCUT2D eigenvalue weighted by molar-refractivity contribution is 5.90. The van der Waals surface area contributed by atoms with Gasteiger partial charge < -0.3 is 20.7 Å². The molecule has 1 saturated carbocycles. The molecular formula is C14H26Cl2N4O3. The smallest absolute Gasteiger partial charge is 0.240 e. The third kappa shape index (κ3) is 5.19. The molecule has 9 heteroatoms. The standard InChI is InChI=1S/C14H24N4O3.2ClH/c15-14(1-2-14)13(20)16-11-9-12(19)18(10-11)4-3-17-5-7-21-8-6-17;;/h11H,1-10,15H2,(H,16,20);2*1H. The highest BCUT2D eigenvalue weighted by Gasteiger charge is 2.47. The minimum Gasteiger partial charge on any atom is -0.379 e. The molecule has 2 amide bonds. The van der Waals surface area contributed by atoms with Crippen molar-refractivity contribution in [1.29, 1.82) is 0 Å². The van der Waals surface area contributed by atoms with E-state index in [-0.39, 0.29) is 42.7 Å². The van der Waals surface area contributed by atoms with E-state index in [1.165, 1.54) is 0 Å². The van der Waals surface area contributed by atoms with E-state index in [9.17, 15) is 9.59 Å². The molecule has 0 spiro atoms. The largest absolute Gasteiger partial charge is 0.379 e. The van der Waals surface area contributed by atoms with Crippen LogP contribution in [0.5, 0.6) is 0 Å². The molecule has 0 aromatic carbocycles. The number of likely N-dealkylation sites (tertiary alicyclic amines) is 1. The predicted molar refractivity (Wildman–Crippen MR) is 91.0 cm³/mol. The van der Waals surface area contributed by atoms with Crippen molar-refractivity contribution in [3.05, 3.63) is 0 Å². The zero-order valence-electron chi connectivity index (χ0n) is 13.2. The lowest BCUT2D eigenvalue weighted by Gasteiger charge is -2.28. The van der Waals surface area contributed by atoms with Gasteiger partial charge in [-0.3, -0.25) is 14.5 Å². The van der Waals surface area contributed by atoms with Gasteiger partial charge in [-0.25, -0.2) is 0 Å². The first-order valence-corrected chi connectivity index (χ1v) is 7.74. The molecule has 3 rings (SSSR count). The quantitative estimate of drug-likeness (QED) is 0.674. The van der Waals surface area contributed by atoms with Gasteiger partial charge in [-0.1, -0.05) is 0 Å². The third-order valence-corrected chi connectivity index (χ3v) is 4.58. The molecular weight excluding hydrogens is 343 g/mol. The summed E-state index contributed by atoms with van der Waals surface area (Å²) in [6.45, 7) is 5.59. The second kappa shape index (κ2) is 8.48. The Morgan fingerprint density at radius 3 is 2.52 bits per heavy atom. The molecule has 2 heterocycles. The number of ether oxygens (including phenoxy) is 1. The van der Waals surface area contributed by atoms with Crippen LogP contribution >= 0.6 is 24.8 Å². The molecule has 3 aliphatic rings. The van der Waals surface area contributed by atoms with Gasteiger partial charge in [0, 0.05) is 39.1 Å². The summed E-state index contributed by atoms with van der Waals surface area (Å²) in [4.78, 5) is 28.1. The minimum atomic E-state index is -0.662. The topological polar surface area (TPSA) is 87.9 Å². The molecule has 1 unspecified atom stereocenters. The average molecular weight is 369 g/mol. The van der Waals surface area contributed by atoms with E-state index in [1.54, 1.807) is 0 Å². The third-order valence-electron chi connectivity index (χ3n) is 4.58. The highest BCUT2D eigenvalue weighted by Crippen LogP contribution is 2.32. The van der Waals surface area contributed by atoms with E-state index in [0.717, 1.165) is 52.2 Å². The van der Waals surface area contributed by atoms with Crippen LogP contribution in [0.15, 0.2) is 0 Å². The summed E-state index contributed by atoms with van der Waals surface area (Å²) in [5, 5.41) is 2.92. The van der Waals surface area contributed by atoms with Crippen molar-refractivity contribution in [3.63, 3.8) is 0 Å². The number of morpholine rings is 1. The van der Waals surface area contributed by atoms with Gasteiger partial charge in [-0.2, -0.15) is 0 Å². The van der Waals surface area contributed by atoms with E-state index in [2.05, 4.69) is 10.2 Å². The molecule has 2 saturated heterocycles. The van der Waals surface area contributed by atoms with Crippen molar-refractivity contribution in [2.75, 3.05) is 45.9 Å². The van der Waals surface area contributed by atoms with Crippen molar-refractivity contribution in [2.24, 2.45) is 5.73 Å². The summed E-state index contributed by atoms with van der Waals surface area (Å²) in [6.07, 6.45) is 1.89. The normalized spacial score (nSPS) is 26.2. The molecule has 3 fully saturated rings. The van der Waals surface area contributed by atoms with Crippen molar-refractivity contribution >= 4 is 36.6 Å². The van der Waals surface area contributed by atoms with Gasteiger partial charge in [0.25, 0.3) is 0 Å². The van der Waals surface area contributed by atoms with Crippen molar-refractivity contribution in [3.8, 4) is 0 Å². The number of rotatable bonds is 5. The van der Waals surface area contributed by atoms with Crippen LogP contribution in [0.25, 0.3) is 0 Å². The van der Waals surface area contributed by atoms with Gasteiger partial charge in [-0.05, 0) is 12.8 Å². The fourth-order valence-electron chi connectivity index (χ4n) is 2.86. The van der Waals surface area contributed by atoms with Crippen LogP contribution in [0.3, 0.4) is 0 Å². The van der Waals surface area contributed by atoms with Crippen LogP contribution in [0.2, 0.25) is 0 Å². The average Bonchev–Trinajstić information content (AvgIpc) is 3.14. The molecule has 2 aliphatic heterocycles. The van der Waals surface area contributed by atoms with Gasteiger partial charge >= 0.3 is 0 Å². The van der Waals surface area contributed by atoms with Crippen molar-refractivity contribution in [1.82, 2.24) is 15.1 Å². The molecule has 1 aliphatic carbocycles. The summed E-state index contributed by atoms with van der Waals surface area (Å²) in [5.41, 5.74) is 5.20. The Kier molecular flexibility index (Phi) is 7.54. The molecule has 23 heavy (non-hydrogen) atoms. The second-order valence-electron chi connectivity index (χ2n) is 6.32. The van der Waals surface area contributed by atoms with Crippen LogP contribution in [-0.2, 0) is 14.3 Å². The predicted octanol–water partition coefficient (Wildman–Crippen LogP) is -0.629. The van der Waals surface area contributed by atoms with Crippen LogP contribution < -0.4 is 11.1 Å². The lowest BCUT2D eigenvalue weighted by atomic mass is 10.2. The zero-order valence-corrected chi connectivity index (χ0v) is 14.8. The highest BCUT2D eigenvalue weighted by atomic mass is 35.5. The SMILES string of the molecule is Cl.Cl.NC1(C(=O)NC2CC(=O)N(CCN3CCOCC3)C2)CC1. The van der Waals surface area contributed by atoms with E-state index >= 15 is 0 Å². The molecule has 0 bridgehead atoms. The maximum atomic E-state index is 12.0. The maximum Gasteiger partial charge on any atom is 0.240 e. The number of amides is 2. The fraction of sp³-hybridized carbons (Fsp3) is 0.857. The second-order valence-corrected chi connectivity index (χ2v) is 6.32. The fourth-order valence-corrected chi connectivity index (χ4v) is 2.86. The van der Waals surface area contributed by atoms with E-state index in [0.29, 0.717) is 13.0 Å². The Hall–Kier alpha value is -0.600. The summed E-state index contributed by atoms with van der Waals surface area (Å²) in [5.74, 6) is 0.0192.